The molecule has 1 amide bonds. The van der Waals surface area contributed by atoms with Gasteiger partial charge in [-0.25, -0.2) is 0 Å². The van der Waals surface area contributed by atoms with Crippen molar-refractivity contribution in [2.24, 2.45) is 17.1 Å². The molecule has 0 saturated heterocycles. The third-order valence-corrected chi connectivity index (χ3v) is 5.16. The molecule has 4 heteroatoms. The van der Waals surface area contributed by atoms with Crippen LogP contribution in [-0.4, -0.2) is 30.7 Å². The van der Waals surface area contributed by atoms with Gasteiger partial charge in [0.05, 0.1) is 6.10 Å². The second kappa shape index (κ2) is 6.44. The third kappa shape index (κ3) is 3.34. The van der Waals surface area contributed by atoms with Gasteiger partial charge in [-0.2, -0.15) is 0 Å². The average Bonchev–Trinajstić information content (AvgIpc) is 2.83. The molecule has 4 atom stereocenters. The summed E-state index contributed by atoms with van der Waals surface area (Å²) in [5.41, 5.74) is 5.93. The second-order valence-electron chi connectivity index (χ2n) is 7.10. The van der Waals surface area contributed by atoms with E-state index >= 15 is 0 Å². The Morgan fingerprint density at radius 3 is 2.65 bits per heavy atom. The summed E-state index contributed by atoms with van der Waals surface area (Å²) in [5, 5.41) is 3.22. The molecular weight excluding hydrogens is 252 g/mol. The van der Waals surface area contributed by atoms with Gasteiger partial charge >= 0.3 is 0 Å². The predicted molar refractivity (Wildman–Crippen MR) is 80.3 cm³/mol. The van der Waals surface area contributed by atoms with Gasteiger partial charge < -0.3 is 15.8 Å². The largest absolute Gasteiger partial charge is 0.378 e. The molecule has 3 N–H and O–H groups in total. The van der Waals surface area contributed by atoms with Gasteiger partial charge in [-0.05, 0) is 32.1 Å². The predicted octanol–water partition coefficient (Wildman–Crippen LogP) is 2.21. The Bertz CT molecular complexity index is 343. The number of carbonyl (C=O) groups is 1. The molecule has 0 aromatic carbocycles. The van der Waals surface area contributed by atoms with E-state index in [2.05, 4.69) is 26.1 Å². The van der Waals surface area contributed by atoms with Crippen LogP contribution in [0, 0.1) is 11.3 Å². The van der Waals surface area contributed by atoms with Crippen molar-refractivity contribution in [2.45, 2.75) is 77.5 Å². The molecule has 0 bridgehead atoms. The van der Waals surface area contributed by atoms with Crippen LogP contribution in [0.3, 0.4) is 0 Å². The smallest absolute Gasteiger partial charge is 0.223 e. The lowest BCUT2D eigenvalue weighted by Crippen LogP contribution is -2.62. The van der Waals surface area contributed by atoms with Crippen molar-refractivity contribution in [3.63, 3.8) is 0 Å². The van der Waals surface area contributed by atoms with Crippen molar-refractivity contribution in [3.05, 3.63) is 0 Å². The molecule has 4 unspecified atom stereocenters. The van der Waals surface area contributed by atoms with Gasteiger partial charge in [-0.3, -0.25) is 4.79 Å². The first-order valence-electron chi connectivity index (χ1n) is 8.12. The molecule has 2 rings (SSSR count). The van der Waals surface area contributed by atoms with Crippen LogP contribution in [-0.2, 0) is 9.53 Å². The Hall–Kier alpha value is -0.610. The number of nitrogens with two attached hydrogens (primary N) is 1. The zero-order chi connectivity index (χ0) is 14.8. The number of hydrogen-bond acceptors (Lipinski definition) is 3. The maximum atomic E-state index is 12.2. The summed E-state index contributed by atoms with van der Waals surface area (Å²) in [5.74, 6) is 0.323. The monoisotopic (exact) mass is 282 g/mol. The molecule has 0 heterocycles. The maximum Gasteiger partial charge on any atom is 0.223 e. The zero-order valence-corrected chi connectivity index (χ0v) is 13.2. The molecule has 0 aromatic rings. The molecule has 2 fully saturated rings. The fraction of sp³-hybridized carbons (Fsp3) is 0.938. The van der Waals surface area contributed by atoms with E-state index in [1.807, 2.05) is 0 Å². The van der Waals surface area contributed by atoms with Gasteiger partial charge in [0.2, 0.25) is 5.91 Å². The highest BCUT2D eigenvalue weighted by molar-refractivity contribution is 5.79. The fourth-order valence-corrected chi connectivity index (χ4v) is 3.33. The van der Waals surface area contributed by atoms with E-state index in [9.17, 15) is 4.79 Å². The summed E-state index contributed by atoms with van der Waals surface area (Å²) in [6, 6.07) is 0.462. The number of amides is 1. The second-order valence-corrected chi connectivity index (χ2v) is 7.10. The van der Waals surface area contributed by atoms with E-state index in [-0.39, 0.29) is 35.4 Å². The van der Waals surface area contributed by atoms with Crippen LogP contribution in [0.25, 0.3) is 0 Å². The van der Waals surface area contributed by atoms with Gasteiger partial charge in [0.25, 0.3) is 0 Å². The number of hydrogen-bond donors (Lipinski definition) is 2. The number of carbonyl (C=O) groups excluding carboxylic acids is 1. The fourth-order valence-electron chi connectivity index (χ4n) is 3.33. The van der Waals surface area contributed by atoms with E-state index in [1.54, 1.807) is 0 Å². The summed E-state index contributed by atoms with van der Waals surface area (Å²) in [6.45, 7) is 7.39. The molecule has 0 aliphatic heterocycles. The van der Waals surface area contributed by atoms with Gasteiger partial charge in [0.1, 0.15) is 0 Å². The molecule has 116 valence electrons. The van der Waals surface area contributed by atoms with E-state index in [0.717, 1.165) is 45.1 Å². The van der Waals surface area contributed by atoms with Gasteiger partial charge in [0, 0.05) is 30.0 Å². The van der Waals surface area contributed by atoms with Crippen molar-refractivity contribution < 1.29 is 9.53 Å². The molecule has 4 nitrogen and oxygen atoms in total. The van der Waals surface area contributed by atoms with Gasteiger partial charge in [-0.1, -0.05) is 27.2 Å². The number of ether oxygens (including phenoxy) is 1. The van der Waals surface area contributed by atoms with Crippen LogP contribution < -0.4 is 11.1 Å². The van der Waals surface area contributed by atoms with Crippen molar-refractivity contribution in [1.29, 1.82) is 0 Å². The number of unbranched alkanes of at least 4 members (excludes halogenated alkanes) is 1. The Morgan fingerprint density at radius 2 is 2.10 bits per heavy atom. The molecule has 2 saturated carbocycles. The van der Waals surface area contributed by atoms with Crippen LogP contribution in [0.5, 0.6) is 0 Å². The molecule has 20 heavy (non-hydrogen) atoms. The van der Waals surface area contributed by atoms with Crippen LogP contribution >= 0.6 is 0 Å². The molecule has 2 aliphatic rings. The summed E-state index contributed by atoms with van der Waals surface area (Å²) < 4.78 is 5.92. The minimum absolute atomic E-state index is 0.0458. The number of nitrogens with one attached hydrogen (secondary N) is 1. The highest BCUT2D eigenvalue weighted by Crippen LogP contribution is 2.43. The highest BCUT2D eigenvalue weighted by atomic mass is 16.5. The zero-order valence-electron chi connectivity index (χ0n) is 13.2. The average molecular weight is 282 g/mol. The normalized spacial score (nSPS) is 35.6. The summed E-state index contributed by atoms with van der Waals surface area (Å²) in [4.78, 5) is 12.2. The van der Waals surface area contributed by atoms with Crippen LogP contribution in [0.15, 0.2) is 0 Å². The maximum absolute atomic E-state index is 12.2. The molecular formula is C16H30N2O2. The Balaban J connectivity index is 1.76. The van der Waals surface area contributed by atoms with Crippen LogP contribution in [0.4, 0.5) is 0 Å². The lowest BCUT2D eigenvalue weighted by molar-refractivity contribution is -0.140. The van der Waals surface area contributed by atoms with E-state index in [0.29, 0.717) is 0 Å². The minimum Gasteiger partial charge on any atom is -0.378 e. The van der Waals surface area contributed by atoms with Crippen molar-refractivity contribution in [2.75, 3.05) is 6.61 Å². The first-order valence-corrected chi connectivity index (χ1v) is 8.12. The van der Waals surface area contributed by atoms with Crippen molar-refractivity contribution in [3.8, 4) is 0 Å². The summed E-state index contributed by atoms with van der Waals surface area (Å²) >= 11 is 0. The quantitative estimate of drug-likeness (QED) is 0.734. The lowest BCUT2D eigenvalue weighted by Gasteiger charge is -2.52. The van der Waals surface area contributed by atoms with Crippen LogP contribution in [0.1, 0.15) is 59.3 Å². The van der Waals surface area contributed by atoms with E-state index in [1.165, 1.54) is 0 Å². The number of rotatable bonds is 6. The minimum atomic E-state index is 0.0458. The first-order chi connectivity index (χ1) is 9.45. The van der Waals surface area contributed by atoms with Crippen LogP contribution in [0.2, 0.25) is 0 Å². The lowest BCUT2D eigenvalue weighted by atomic mass is 9.64. The van der Waals surface area contributed by atoms with Gasteiger partial charge in [0.15, 0.2) is 0 Å². The van der Waals surface area contributed by atoms with Crippen molar-refractivity contribution >= 4 is 5.91 Å². The standard InChI is InChI=1S/C16H30N2O2/c1-4-5-8-20-14-10-13(16(14,2)3)18-15(19)11-6-7-12(17)9-11/h11-14H,4-10,17H2,1-3H3,(H,18,19). The summed E-state index contributed by atoms with van der Waals surface area (Å²) in [6.07, 6.45) is 6.27. The van der Waals surface area contributed by atoms with E-state index < -0.39 is 0 Å². The Kier molecular flexibility index (Phi) is 5.08. The Morgan fingerprint density at radius 1 is 1.35 bits per heavy atom. The third-order valence-electron chi connectivity index (χ3n) is 5.16. The Labute approximate surface area is 122 Å². The molecule has 2 aliphatic carbocycles. The molecule has 0 radical (unpaired) electrons. The highest BCUT2D eigenvalue weighted by Gasteiger charge is 2.50. The van der Waals surface area contributed by atoms with Crippen molar-refractivity contribution in [1.82, 2.24) is 5.32 Å². The topological polar surface area (TPSA) is 64.3 Å². The van der Waals surface area contributed by atoms with E-state index in [4.69, 9.17) is 10.5 Å². The SMILES string of the molecule is CCCCOC1CC(NC(=O)C2CCC(N)C2)C1(C)C. The summed E-state index contributed by atoms with van der Waals surface area (Å²) in [7, 11) is 0. The molecule has 0 spiro atoms. The molecule has 0 aromatic heterocycles. The first kappa shape index (κ1) is 15.8. The van der Waals surface area contributed by atoms with Gasteiger partial charge in [-0.15, -0.1) is 0 Å².